The average Bonchev–Trinajstić information content (AvgIpc) is 2.76. The fourth-order valence-corrected chi connectivity index (χ4v) is 6.10. The van der Waals surface area contributed by atoms with E-state index in [1.54, 1.807) is 15.8 Å². The van der Waals surface area contributed by atoms with Gasteiger partial charge >= 0.3 is 0 Å². The van der Waals surface area contributed by atoms with Crippen molar-refractivity contribution in [2.24, 2.45) is 0 Å². The first-order chi connectivity index (χ1) is 8.43. The summed E-state index contributed by atoms with van der Waals surface area (Å²) in [4.78, 5) is 2.17. The van der Waals surface area contributed by atoms with Crippen LogP contribution in [0.5, 0.6) is 0 Å². The maximum absolute atomic E-state index is 12.4. The van der Waals surface area contributed by atoms with Crippen LogP contribution in [0.15, 0.2) is 20.1 Å². The third-order valence-corrected chi connectivity index (χ3v) is 7.86. The largest absolute Gasteiger partial charge is 0.306 e. The zero-order valence-corrected chi connectivity index (χ0v) is 13.7. The topological polar surface area (TPSA) is 40.6 Å². The highest BCUT2D eigenvalue weighted by atomic mass is 79.9. The standard InChI is InChI=1S/C11H17BrN2O2S2/c1-13(2)9-3-6-14(7-4-9)18(15,16)11-10(12)5-8-17-11/h5,8-9H,3-4,6-7H2,1-2H3. The molecule has 1 aromatic rings. The third-order valence-electron chi connectivity index (χ3n) is 3.31. The molecule has 102 valence electrons. The molecule has 2 heterocycles. The smallest absolute Gasteiger partial charge is 0.253 e. The molecule has 0 amide bonds. The molecule has 1 saturated heterocycles. The van der Waals surface area contributed by atoms with Crippen LogP contribution in [-0.4, -0.2) is 50.8 Å². The van der Waals surface area contributed by atoms with Crippen LogP contribution in [0, 0.1) is 0 Å². The summed E-state index contributed by atoms with van der Waals surface area (Å²) < 4.78 is 27.6. The molecule has 1 fully saturated rings. The van der Waals surface area contributed by atoms with Gasteiger partial charge in [0.05, 0.1) is 0 Å². The predicted molar refractivity (Wildman–Crippen MR) is 77.5 cm³/mol. The van der Waals surface area contributed by atoms with Gasteiger partial charge in [0.25, 0.3) is 10.0 Å². The van der Waals surface area contributed by atoms with E-state index in [-0.39, 0.29) is 0 Å². The molecule has 18 heavy (non-hydrogen) atoms. The minimum Gasteiger partial charge on any atom is -0.306 e. The lowest BCUT2D eigenvalue weighted by atomic mass is 10.1. The molecule has 0 unspecified atom stereocenters. The third kappa shape index (κ3) is 2.80. The first-order valence-corrected chi connectivity index (χ1v) is 8.94. The summed E-state index contributed by atoms with van der Waals surface area (Å²) in [6.07, 6.45) is 1.80. The highest BCUT2D eigenvalue weighted by molar-refractivity contribution is 9.10. The van der Waals surface area contributed by atoms with Crippen molar-refractivity contribution >= 4 is 37.3 Å². The number of halogens is 1. The quantitative estimate of drug-likeness (QED) is 0.837. The van der Waals surface area contributed by atoms with Crippen molar-refractivity contribution in [3.8, 4) is 0 Å². The predicted octanol–water partition coefficient (Wildman–Crippen LogP) is 2.23. The van der Waals surface area contributed by atoms with Crippen LogP contribution >= 0.6 is 27.3 Å². The summed E-state index contributed by atoms with van der Waals surface area (Å²) in [5.41, 5.74) is 0. The lowest BCUT2D eigenvalue weighted by Crippen LogP contribution is -2.44. The minimum atomic E-state index is -3.31. The van der Waals surface area contributed by atoms with Gasteiger partial charge in [0, 0.05) is 23.6 Å². The minimum absolute atomic E-state index is 0.422. The van der Waals surface area contributed by atoms with Crippen molar-refractivity contribution in [1.29, 1.82) is 0 Å². The van der Waals surface area contributed by atoms with Crippen molar-refractivity contribution in [1.82, 2.24) is 9.21 Å². The number of piperidine rings is 1. The van der Waals surface area contributed by atoms with Gasteiger partial charge in [-0.25, -0.2) is 8.42 Å². The molecule has 0 saturated carbocycles. The van der Waals surface area contributed by atoms with Crippen molar-refractivity contribution in [2.75, 3.05) is 27.2 Å². The van der Waals surface area contributed by atoms with Crippen LogP contribution in [0.25, 0.3) is 0 Å². The first-order valence-electron chi connectivity index (χ1n) is 5.82. The number of rotatable bonds is 3. The Morgan fingerprint density at radius 2 is 2.00 bits per heavy atom. The number of hydrogen-bond donors (Lipinski definition) is 0. The van der Waals surface area contributed by atoms with E-state index < -0.39 is 10.0 Å². The van der Waals surface area contributed by atoms with E-state index in [2.05, 4.69) is 20.8 Å². The summed E-state index contributed by atoms with van der Waals surface area (Å²) in [7, 11) is 0.781. The summed E-state index contributed by atoms with van der Waals surface area (Å²) in [5.74, 6) is 0. The van der Waals surface area contributed by atoms with E-state index in [1.807, 2.05) is 14.1 Å². The van der Waals surface area contributed by atoms with E-state index >= 15 is 0 Å². The molecule has 0 N–H and O–H groups in total. The van der Waals surface area contributed by atoms with Gasteiger partial charge in [0.1, 0.15) is 4.21 Å². The average molecular weight is 353 g/mol. The Balaban J connectivity index is 2.12. The highest BCUT2D eigenvalue weighted by Gasteiger charge is 2.31. The Bertz CT molecular complexity index is 505. The van der Waals surface area contributed by atoms with Gasteiger partial charge in [-0.3, -0.25) is 0 Å². The highest BCUT2D eigenvalue weighted by Crippen LogP contribution is 2.31. The van der Waals surface area contributed by atoms with Gasteiger partial charge in [-0.1, -0.05) is 0 Å². The Morgan fingerprint density at radius 3 is 2.44 bits per heavy atom. The molecule has 0 aliphatic carbocycles. The summed E-state index contributed by atoms with van der Waals surface area (Å²) in [6.45, 7) is 1.21. The van der Waals surface area contributed by atoms with Gasteiger partial charge < -0.3 is 4.90 Å². The molecule has 1 aliphatic rings. The van der Waals surface area contributed by atoms with Crippen molar-refractivity contribution in [2.45, 2.75) is 23.1 Å². The van der Waals surface area contributed by atoms with E-state index in [1.165, 1.54) is 11.3 Å². The van der Waals surface area contributed by atoms with E-state index in [0.717, 1.165) is 12.8 Å². The van der Waals surface area contributed by atoms with Crippen molar-refractivity contribution in [3.63, 3.8) is 0 Å². The normalized spacial score (nSPS) is 19.6. The molecular weight excluding hydrogens is 336 g/mol. The molecule has 1 aliphatic heterocycles. The lowest BCUT2D eigenvalue weighted by molar-refractivity contribution is 0.196. The van der Waals surface area contributed by atoms with E-state index in [0.29, 0.717) is 27.8 Å². The second kappa shape index (κ2) is 5.58. The monoisotopic (exact) mass is 352 g/mol. The molecule has 0 radical (unpaired) electrons. The SMILES string of the molecule is CN(C)C1CCN(S(=O)(=O)c2sccc2Br)CC1. The molecule has 0 aromatic carbocycles. The Kier molecular flexibility index (Phi) is 4.48. The number of sulfonamides is 1. The van der Waals surface area contributed by atoms with Crippen molar-refractivity contribution in [3.05, 3.63) is 15.9 Å². The van der Waals surface area contributed by atoms with Gasteiger partial charge in [-0.15, -0.1) is 11.3 Å². The molecule has 0 spiro atoms. The summed E-state index contributed by atoms with van der Waals surface area (Å²) in [6, 6.07) is 2.27. The number of thiophene rings is 1. The van der Waals surface area contributed by atoms with Gasteiger partial charge in [0.2, 0.25) is 0 Å². The molecule has 1 aromatic heterocycles. The zero-order chi connectivity index (χ0) is 13.3. The number of nitrogens with zero attached hydrogens (tertiary/aromatic N) is 2. The fraction of sp³-hybridized carbons (Fsp3) is 0.636. The maximum Gasteiger partial charge on any atom is 0.253 e. The first kappa shape index (κ1) is 14.5. The van der Waals surface area contributed by atoms with Crippen LogP contribution in [-0.2, 0) is 10.0 Å². The van der Waals surface area contributed by atoms with Crippen LogP contribution in [0.3, 0.4) is 0 Å². The van der Waals surface area contributed by atoms with Gasteiger partial charge in [-0.05, 0) is 54.3 Å². The van der Waals surface area contributed by atoms with E-state index in [4.69, 9.17) is 0 Å². The zero-order valence-electron chi connectivity index (χ0n) is 10.5. The molecule has 0 bridgehead atoms. The second-order valence-electron chi connectivity index (χ2n) is 4.65. The van der Waals surface area contributed by atoms with Gasteiger partial charge in [0.15, 0.2) is 0 Å². The van der Waals surface area contributed by atoms with Crippen LogP contribution < -0.4 is 0 Å². The van der Waals surface area contributed by atoms with Gasteiger partial charge in [-0.2, -0.15) is 4.31 Å². The molecule has 2 rings (SSSR count). The van der Waals surface area contributed by atoms with Crippen LogP contribution in [0.4, 0.5) is 0 Å². The second-order valence-corrected chi connectivity index (χ2v) is 8.56. The molecule has 0 atom stereocenters. The Hall–Kier alpha value is 0.0500. The maximum atomic E-state index is 12.4. The van der Waals surface area contributed by atoms with Crippen LogP contribution in [0.1, 0.15) is 12.8 Å². The molecule has 7 heteroatoms. The number of hydrogen-bond acceptors (Lipinski definition) is 4. The Morgan fingerprint density at radius 1 is 1.39 bits per heavy atom. The molecular formula is C11H17BrN2O2S2. The Labute approximate surface area is 121 Å². The molecule has 4 nitrogen and oxygen atoms in total. The van der Waals surface area contributed by atoms with Crippen LogP contribution in [0.2, 0.25) is 0 Å². The van der Waals surface area contributed by atoms with Crippen molar-refractivity contribution < 1.29 is 8.42 Å². The summed E-state index contributed by atoms with van der Waals surface area (Å²) >= 11 is 4.57. The van der Waals surface area contributed by atoms with E-state index in [9.17, 15) is 8.42 Å². The lowest BCUT2D eigenvalue weighted by Gasteiger charge is -2.34. The summed E-state index contributed by atoms with van der Waals surface area (Å²) in [5, 5.41) is 1.80. The fourth-order valence-electron chi connectivity index (χ4n) is 2.18.